The van der Waals surface area contributed by atoms with Crippen LogP contribution in [0.15, 0.2) is 54.2 Å². The molecule has 5 heterocycles. The van der Waals surface area contributed by atoms with Crippen LogP contribution in [0.25, 0.3) is 11.5 Å². The van der Waals surface area contributed by atoms with Gasteiger partial charge in [0, 0.05) is 43.6 Å². The zero-order valence-corrected chi connectivity index (χ0v) is 21.3. The van der Waals surface area contributed by atoms with E-state index in [1.54, 1.807) is 24.5 Å². The number of nitrogens with two attached hydrogens (primary N) is 1. The molecule has 1 aliphatic heterocycles. The average Bonchev–Trinajstić information content (AvgIpc) is 3.53. The van der Waals surface area contributed by atoms with Gasteiger partial charge in [-0.25, -0.2) is 29.7 Å². The molecule has 4 aromatic heterocycles. The van der Waals surface area contributed by atoms with Crippen molar-refractivity contribution in [3.8, 4) is 11.5 Å². The molecule has 0 unspecified atom stereocenters. The van der Waals surface area contributed by atoms with Crippen molar-refractivity contribution < 1.29 is 9.53 Å². The quantitative estimate of drug-likeness (QED) is 0.320. The molecule has 0 aromatic carbocycles. The van der Waals surface area contributed by atoms with E-state index >= 15 is 0 Å². The predicted octanol–water partition coefficient (Wildman–Crippen LogP) is 3.22. The summed E-state index contributed by atoms with van der Waals surface area (Å²) in [6.45, 7) is 4.81. The Balaban J connectivity index is 1.18. The molecule has 190 valence electrons. The van der Waals surface area contributed by atoms with Crippen molar-refractivity contribution in [2.24, 2.45) is 5.73 Å². The summed E-state index contributed by atoms with van der Waals surface area (Å²) < 4.78 is 5.45. The molecule has 1 fully saturated rings. The minimum atomic E-state index is -0.307. The lowest BCUT2D eigenvalue weighted by Gasteiger charge is -2.14. The van der Waals surface area contributed by atoms with Crippen molar-refractivity contribution in [3.63, 3.8) is 0 Å². The molecule has 0 radical (unpaired) electrons. The van der Waals surface area contributed by atoms with Gasteiger partial charge in [-0.2, -0.15) is 0 Å². The van der Waals surface area contributed by atoms with Crippen LogP contribution in [0.3, 0.4) is 0 Å². The van der Waals surface area contributed by atoms with Crippen LogP contribution in [0, 0.1) is 6.92 Å². The van der Waals surface area contributed by atoms with Gasteiger partial charge in [0.2, 0.25) is 0 Å². The van der Waals surface area contributed by atoms with Gasteiger partial charge in [-0.05, 0) is 61.2 Å². The Bertz CT molecular complexity index is 1380. The van der Waals surface area contributed by atoms with Crippen LogP contribution in [-0.4, -0.2) is 68.1 Å². The number of rotatable bonds is 9. The highest BCUT2D eigenvalue weighted by molar-refractivity contribution is 7.12. The van der Waals surface area contributed by atoms with Gasteiger partial charge in [0.25, 0.3) is 0 Å². The smallest absolute Gasteiger partial charge is 0.348 e. The molecule has 10 nitrogen and oxygen atoms in total. The lowest BCUT2D eigenvalue weighted by atomic mass is 10.2. The summed E-state index contributed by atoms with van der Waals surface area (Å²) in [4.78, 5) is 37.6. The summed E-state index contributed by atoms with van der Waals surface area (Å²) in [6, 6.07) is 11.4. The Labute approximate surface area is 219 Å². The van der Waals surface area contributed by atoms with Gasteiger partial charge in [0.15, 0.2) is 5.82 Å². The summed E-state index contributed by atoms with van der Waals surface area (Å²) in [5.41, 5.74) is 8.48. The lowest BCUT2D eigenvalue weighted by molar-refractivity contribution is 0.0477. The fourth-order valence-corrected chi connectivity index (χ4v) is 4.87. The highest BCUT2D eigenvalue weighted by Crippen LogP contribution is 2.20. The van der Waals surface area contributed by atoms with Crippen LogP contribution in [0.4, 0.5) is 11.6 Å². The molecule has 0 bridgehead atoms. The minimum absolute atomic E-state index is 0.223. The fraction of sp³-hybridized carbons (Fsp3) is 0.308. The minimum Gasteiger partial charge on any atom is -0.460 e. The van der Waals surface area contributed by atoms with Gasteiger partial charge < -0.3 is 15.8 Å². The van der Waals surface area contributed by atoms with Crippen LogP contribution >= 0.6 is 11.3 Å². The van der Waals surface area contributed by atoms with E-state index in [9.17, 15) is 4.79 Å². The molecule has 1 atom stereocenters. The van der Waals surface area contributed by atoms with E-state index in [1.165, 1.54) is 11.3 Å². The number of pyridine rings is 1. The summed E-state index contributed by atoms with van der Waals surface area (Å²) in [6.07, 6.45) is 4.86. The number of nitrogens with zero attached hydrogens (tertiary/aromatic N) is 6. The first-order valence-corrected chi connectivity index (χ1v) is 13.0. The number of aromatic nitrogens is 5. The molecule has 37 heavy (non-hydrogen) atoms. The number of anilines is 2. The van der Waals surface area contributed by atoms with E-state index < -0.39 is 0 Å². The Morgan fingerprint density at radius 3 is 2.81 bits per heavy atom. The molecule has 5 rings (SSSR count). The number of carbonyl (C=O) groups excluding carboxylic acids is 1. The molecule has 3 N–H and O–H groups in total. The van der Waals surface area contributed by atoms with E-state index in [1.807, 2.05) is 36.6 Å². The fourth-order valence-electron chi connectivity index (χ4n) is 4.07. The van der Waals surface area contributed by atoms with Crippen molar-refractivity contribution in [2.45, 2.75) is 25.8 Å². The van der Waals surface area contributed by atoms with Gasteiger partial charge in [0.1, 0.15) is 34.6 Å². The number of likely N-dealkylation sites (tertiary alicyclic amines) is 1. The number of ether oxygens (including phenoxy) is 1. The van der Waals surface area contributed by atoms with Crippen molar-refractivity contribution in [1.29, 1.82) is 0 Å². The summed E-state index contributed by atoms with van der Waals surface area (Å²) in [5.74, 6) is 2.07. The first-order chi connectivity index (χ1) is 18.0. The normalized spacial score (nSPS) is 15.6. The maximum atomic E-state index is 12.4. The number of thiophene rings is 1. The van der Waals surface area contributed by atoms with Gasteiger partial charge in [-0.1, -0.05) is 6.07 Å². The molecule has 1 saturated heterocycles. The van der Waals surface area contributed by atoms with Crippen LogP contribution in [0.2, 0.25) is 0 Å². The van der Waals surface area contributed by atoms with Crippen LogP contribution in [0.1, 0.15) is 33.2 Å². The van der Waals surface area contributed by atoms with E-state index in [-0.39, 0.29) is 12.0 Å². The summed E-state index contributed by atoms with van der Waals surface area (Å²) >= 11 is 1.37. The van der Waals surface area contributed by atoms with E-state index in [4.69, 9.17) is 10.5 Å². The van der Waals surface area contributed by atoms with Gasteiger partial charge in [0.05, 0.1) is 0 Å². The largest absolute Gasteiger partial charge is 0.460 e. The third kappa shape index (κ3) is 6.70. The Morgan fingerprint density at radius 2 is 2.00 bits per heavy atom. The highest BCUT2D eigenvalue weighted by atomic mass is 32.1. The average molecular weight is 517 g/mol. The number of nitrogens with one attached hydrogen (secondary N) is 1. The molecule has 11 heteroatoms. The Kier molecular flexibility index (Phi) is 7.73. The molecule has 0 amide bonds. The zero-order chi connectivity index (χ0) is 25.6. The second-order valence-electron chi connectivity index (χ2n) is 8.89. The number of carbonyl (C=O) groups is 1. The van der Waals surface area contributed by atoms with E-state index in [2.05, 4.69) is 35.1 Å². The van der Waals surface area contributed by atoms with Gasteiger partial charge in [-0.3, -0.25) is 4.90 Å². The van der Waals surface area contributed by atoms with Crippen molar-refractivity contribution in [3.05, 3.63) is 76.1 Å². The SMILES string of the molecule is Cc1cccc(-c2nccc(Nc3ccnc(Cc4csc(C(=O)OCCN5CC[C@@H](N)C5)c4)n3)n2)n1. The Morgan fingerprint density at radius 1 is 1.16 bits per heavy atom. The van der Waals surface area contributed by atoms with Crippen LogP contribution in [0.5, 0.6) is 0 Å². The highest BCUT2D eigenvalue weighted by Gasteiger charge is 2.19. The molecule has 0 spiro atoms. The molecule has 1 aliphatic rings. The molecule has 0 saturated carbocycles. The molecule has 0 aliphatic carbocycles. The van der Waals surface area contributed by atoms with E-state index in [0.29, 0.717) is 53.4 Å². The van der Waals surface area contributed by atoms with Crippen LogP contribution < -0.4 is 11.1 Å². The third-order valence-electron chi connectivity index (χ3n) is 5.90. The van der Waals surface area contributed by atoms with Gasteiger partial charge in [-0.15, -0.1) is 11.3 Å². The maximum Gasteiger partial charge on any atom is 0.348 e. The Hall–Kier alpha value is -3.80. The topological polar surface area (TPSA) is 132 Å². The van der Waals surface area contributed by atoms with Crippen LogP contribution in [-0.2, 0) is 11.2 Å². The van der Waals surface area contributed by atoms with Crippen molar-refractivity contribution in [1.82, 2.24) is 29.8 Å². The zero-order valence-electron chi connectivity index (χ0n) is 20.5. The second-order valence-corrected chi connectivity index (χ2v) is 9.81. The van der Waals surface area contributed by atoms with Crippen molar-refractivity contribution in [2.75, 3.05) is 31.6 Å². The summed E-state index contributed by atoms with van der Waals surface area (Å²) in [5, 5.41) is 5.15. The monoisotopic (exact) mass is 516 g/mol. The number of hydrogen-bond donors (Lipinski definition) is 2. The standard InChI is InChI=1S/C26H28N8O2S/c1-17-3-2-4-20(30-17)25-29-9-6-23(33-25)31-22-5-8-28-24(32-22)14-18-13-21(37-16-18)26(35)36-12-11-34-10-7-19(27)15-34/h2-6,8-9,13,16,19H,7,10-12,14-15,27H2,1H3,(H,28,29,31,32,33)/t19-/m1/s1. The lowest BCUT2D eigenvalue weighted by Crippen LogP contribution is -2.29. The van der Waals surface area contributed by atoms with Crippen molar-refractivity contribution >= 4 is 28.9 Å². The maximum absolute atomic E-state index is 12.4. The first-order valence-electron chi connectivity index (χ1n) is 12.1. The molecular weight excluding hydrogens is 488 g/mol. The summed E-state index contributed by atoms with van der Waals surface area (Å²) in [7, 11) is 0. The third-order valence-corrected chi connectivity index (χ3v) is 6.86. The first kappa shape index (κ1) is 24.9. The predicted molar refractivity (Wildman–Crippen MR) is 142 cm³/mol. The molecule has 4 aromatic rings. The molecular formula is C26H28N8O2S. The van der Waals surface area contributed by atoms with E-state index in [0.717, 1.165) is 30.8 Å². The number of hydrogen-bond acceptors (Lipinski definition) is 11. The number of aryl methyl sites for hydroxylation is 1. The second kappa shape index (κ2) is 11.5. The van der Waals surface area contributed by atoms with Gasteiger partial charge >= 0.3 is 5.97 Å². The number of esters is 1.